The first-order valence-electron chi connectivity index (χ1n) is 5.80. The largest absolute Gasteiger partial charge is 0.325 e. The zero-order chi connectivity index (χ0) is 12.7. The van der Waals surface area contributed by atoms with Crippen molar-refractivity contribution in [1.29, 1.82) is 0 Å². The summed E-state index contributed by atoms with van der Waals surface area (Å²) >= 11 is 1.57. The highest BCUT2D eigenvalue weighted by atomic mass is 32.1. The molecule has 0 saturated carbocycles. The summed E-state index contributed by atoms with van der Waals surface area (Å²) in [4.78, 5) is 0.892. The topological polar surface area (TPSA) is 56.2 Å². The van der Waals surface area contributed by atoms with Gasteiger partial charge in [0.2, 0.25) is 4.96 Å². The number of benzene rings is 1. The van der Waals surface area contributed by atoms with Gasteiger partial charge in [0.25, 0.3) is 0 Å². The molecule has 1 aromatic carbocycles. The van der Waals surface area contributed by atoms with E-state index in [2.05, 4.69) is 42.2 Å². The molecule has 0 aliphatic heterocycles. The number of nitrogens with two attached hydrogens (primary N) is 1. The smallest absolute Gasteiger partial charge is 0.216 e. The number of hydrogen-bond acceptors (Lipinski definition) is 4. The second kappa shape index (κ2) is 4.19. The van der Waals surface area contributed by atoms with E-state index in [0.717, 1.165) is 22.0 Å². The van der Waals surface area contributed by atoms with E-state index in [0.29, 0.717) is 6.54 Å². The fourth-order valence-corrected chi connectivity index (χ4v) is 2.83. The van der Waals surface area contributed by atoms with Crippen LogP contribution in [0.2, 0.25) is 0 Å². The third-order valence-corrected chi connectivity index (χ3v) is 4.06. The van der Waals surface area contributed by atoms with Gasteiger partial charge < -0.3 is 5.73 Å². The van der Waals surface area contributed by atoms with Crippen LogP contribution in [0.15, 0.2) is 23.6 Å². The minimum Gasteiger partial charge on any atom is -0.325 e. The normalized spacial score (nSPS) is 11.3. The predicted molar refractivity (Wildman–Crippen MR) is 73.7 cm³/mol. The van der Waals surface area contributed by atoms with E-state index in [4.69, 9.17) is 5.73 Å². The van der Waals surface area contributed by atoms with Crippen LogP contribution in [0.3, 0.4) is 0 Å². The van der Waals surface area contributed by atoms with Crippen LogP contribution in [0.5, 0.6) is 0 Å². The summed E-state index contributed by atoms with van der Waals surface area (Å²) in [5, 5.41) is 10.5. The first-order chi connectivity index (χ1) is 8.70. The van der Waals surface area contributed by atoms with Crippen LogP contribution in [0, 0.1) is 13.8 Å². The number of nitrogens with zero attached hydrogens (tertiary/aromatic N) is 3. The highest BCUT2D eigenvalue weighted by Gasteiger charge is 2.13. The lowest BCUT2D eigenvalue weighted by Gasteiger charge is -2.04. The van der Waals surface area contributed by atoms with E-state index in [1.54, 1.807) is 11.3 Å². The molecular formula is C13H14N4S. The third-order valence-electron chi connectivity index (χ3n) is 3.20. The summed E-state index contributed by atoms with van der Waals surface area (Å²) in [6.45, 7) is 4.71. The molecule has 0 saturated heterocycles. The standard InChI is InChI=1S/C13H14N4S/c1-8-3-4-10(5-9(8)2)12-15-16-13-17(12)11(6-14)7-18-13/h3-5,7H,6,14H2,1-2H3. The van der Waals surface area contributed by atoms with Gasteiger partial charge in [-0.15, -0.1) is 21.5 Å². The monoisotopic (exact) mass is 258 g/mol. The molecule has 92 valence electrons. The maximum Gasteiger partial charge on any atom is 0.216 e. The van der Waals surface area contributed by atoms with Gasteiger partial charge in [0.05, 0.1) is 5.69 Å². The molecule has 18 heavy (non-hydrogen) atoms. The SMILES string of the molecule is Cc1ccc(-c2nnc3scc(CN)n23)cc1C. The van der Waals surface area contributed by atoms with E-state index in [1.807, 2.05) is 9.78 Å². The van der Waals surface area contributed by atoms with E-state index in [9.17, 15) is 0 Å². The highest BCUT2D eigenvalue weighted by molar-refractivity contribution is 7.15. The number of fused-ring (bicyclic) bond motifs is 1. The summed E-state index contributed by atoms with van der Waals surface area (Å²) in [7, 11) is 0. The van der Waals surface area contributed by atoms with Crippen LogP contribution in [0.25, 0.3) is 16.3 Å². The van der Waals surface area contributed by atoms with Gasteiger partial charge in [-0.1, -0.05) is 12.1 Å². The van der Waals surface area contributed by atoms with Gasteiger partial charge in [0.1, 0.15) is 0 Å². The van der Waals surface area contributed by atoms with Crippen molar-refractivity contribution in [2.45, 2.75) is 20.4 Å². The average Bonchev–Trinajstić information content (AvgIpc) is 2.93. The molecule has 2 heterocycles. The van der Waals surface area contributed by atoms with Gasteiger partial charge in [0.15, 0.2) is 5.82 Å². The number of aromatic nitrogens is 3. The van der Waals surface area contributed by atoms with Gasteiger partial charge >= 0.3 is 0 Å². The predicted octanol–water partition coefficient (Wildman–Crippen LogP) is 2.53. The van der Waals surface area contributed by atoms with Crippen LogP contribution >= 0.6 is 11.3 Å². The number of thiazole rings is 1. The maximum absolute atomic E-state index is 5.75. The molecule has 2 aromatic heterocycles. The Hall–Kier alpha value is -1.72. The van der Waals surface area contributed by atoms with Crippen molar-refractivity contribution in [1.82, 2.24) is 14.6 Å². The molecule has 0 fully saturated rings. The summed E-state index contributed by atoms with van der Waals surface area (Å²) < 4.78 is 2.04. The molecule has 2 N–H and O–H groups in total. The number of rotatable bonds is 2. The lowest BCUT2D eigenvalue weighted by molar-refractivity contribution is 0.962. The Balaban J connectivity index is 2.24. The van der Waals surface area contributed by atoms with Crippen molar-refractivity contribution in [3.8, 4) is 11.4 Å². The van der Waals surface area contributed by atoms with Crippen molar-refractivity contribution in [3.05, 3.63) is 40.4 Å². The molecule has 3 rings (SSSR count). The van der Waals surface area contributed by atoms with Crippen LogP contribution < -0.4 is 5.73 Å². The molecule has 0 atom stereocenters. The van der Waals surface area contributed by atoms with Crippen LogP contribution in [0.4, 0.5) is 0 Å². The highest BCUT2D eigenvalue weighted by Crippen LogP contribution is 2.25. The third kappa shape index (κ3) is 1.63. The molecule has 0 radical (unpaired) electrons. The van der Waals surface area contributed by atoms with Crippen LogP contribution in [-0.4, -0.2) is 14.6 Å². The lowest BCUT2D eigenvalue weighted by atomic mass is 10.1. The van der Waals surface area contributed by atoms with E-state index in [-0.39, 0.29) is 0 Å². The van der Waals surface area contributed by atoms with Crippen molar-refractivity contribution < 1.29 is 0 Å². The summed E-state index contributed by atoms with van der Waals surface area (Å²) in [6.07, 6.45) is 0. The van der Waals surface area contributed by atoms with Crippen molar-refractivity contribution in [2.24, 2.45) is 5.73 Å². The molecule has 0 bridgehead atoms. The molecule has 0 amide bonds. The minimum atomic E-state index is 0.496. The molecule has 0 unspecified atom stereocenters. The number of aryl methyl sites for hydroxylation is 2. The van der Waals surface area contributed by atoms with Gasteiger partial charge in [-0.05, 0) is 31.0 Å². The zero-order valence-corrected chi connectivity index (χ0v) is 11.2. The molecule has 4 nitrogen and oxygen atoms in total. The Morgan fingerprint density at radius 1 is 1.22 bits per heavy atom. The van der Waals surface area contributed by atoms with Crippen molar-refractivity contribution in [3.63, 3.8) is 0 Å². The zero-order valence-electron chi connectivity index (χ0n) is 10.3. The number of hydrogen-bond donors (Lipinski definition) is 1. The Morgan fingerprint density at radius 2 is 2.06 bits per heavy atom. The van der Waals surface area contributed by atoms with Crippen molar-refractivity contribution >= 4 is 16.3 Å². The summed E-state index contributed by atoms with van der Waals surface area (Å²) in [5.41, 5.74) is 10.4. The summed E-state index contributed by atoms with van der Waals surface area (Å²) in [6, 6.07) is 6.33. The Kier molecular flexibility index (Phi) is 2.65. The van der Waals surface area contributed by atoms with E-state index < -0.39 is 0 Å². The fourth-order valence-electron chi connectivity index (χ4n) is 1.99. The Bertz CT molecular complexity index is 711. The molecule has 5 heteroatoms. The van der Waals surface area contributed by atoms with Gasteiger partial charge in [-0.3, -0.25) is 4.40 Å². The Morgan fingerprint density at radius 3 is 2.78 bits per heavy atom. The molecule has 3 aromatic rings. The van der Waals surface area contributed by atoms with Gasteiger partial charge in [0, 0.05) is 17.5 Å². The fraction of sp³-hybridized carbons (Fsp3) is 0.231. The first kappa shape index (κ1) is 11.4. The van der Waals surface area contributed by atoms with Crippen LogP contribution in [0.1, 0.15) is 16.8 Å². The second-order valence-corrected chi connectivity index (χ2v) is 5.21. The second-order valence-electron chi connectivity index (χ2n) is 4.37. The van der Waals surface area contributed by atoms with Gasteiger partial charge in [-0.2, -0.15) is 0 Å². The van der Waals surface area contributed by atoms with Crippen LogP contribution in [-0.2, 0) is 6.54 Å². The Labute approximate surface area is 109 Å². The molecule has 0 spiro atoms. The minimum absolute atomic E-state index is 0.496. The van der Waals surface area contributed by atoms with E-state index in [1.165, 1.54) is 11.1 Å². The summed E-state index contributed by atoms with van der Waals surface area (Å²) in [5.74, 6) is 0.870. The molecular weight excluding hydrogens is 244 g/mol. The van der Waals surface area contributed by atoms with Crippen molar-refractivity contribution in [2.75, 3.05) is 0 Å². The maximum atomic E-state index is 5.75. The quantitative estimate of drug-likeness (QED) is 0.768. The lowest BCUT2D eigenvalue weighted by Crippen LogP contribution is -2.01. The average molecular weight is 258 g/mol. The molecule has 0 aliphatic rings. The first-order valence-corrected chi connectivity index (χ1v) is 6.68. The van der Waals surface area contributed by atoms with E-state index >= 15 is 0 Å². The van der Waals surface area contributed by atoms with Gasteiger partial charge in [-0.25, -0.2) is 0 Å². The molecule has 0 aliphatic carbocycles.